The van der Waals surface area contributed by atoms with E-state index >= 15 is 0 Å². The zero-order valence-electron chi connectivity index (χ0n) is 18.4. The van der Waals surface area contributed by atoms with Crippen LogP contribution in [0.4, 0.5) is 0 Å². The van der Waals surface area contributed by atoms with Gasteiger partial charge < -0.3 is 14.6 Å². The highest BCUT2D eigenvalue weighted by molar-refractivity contribution is 5.94. The highest BCUT2D eigenvalue weighted by Crippen LogP contribution is 2.22. The van der Waals surface area contributed by atoms with Crippen molar-refractivity contribution < 1.29 is 14.1 Å². The number of carbonyl (C=O) groups excluding carboxylic acids is 1. The Kier molecular flexibility index (Phi) is 7.46. The van der Waals surface area contributed by atoms with Gasteiger partial charge in [0, 0.05) is 12.1 Å². The largest absolute Gasteiger partial charge is 0.463 e. The second-order valence-corrected chi connectivity index (χ2v) is 7.86. The van der Waals surface area contributed by atoms with E-state index in [2.05, 4.69) is 31.2 Å². The van der Waals surface area contributed by atoms with Crippen molar-refractivity contribution in [3.05, 3.63) is 60.0 Å². The summed E-state index contributed by atoms with van der Waals surface area (Å²) in [5.74, 6) is 0.522. The molecule has 0 aliphatic carbocycles. The van der Waals surface area contributed by atoms with E-state index in [1.807, 2.05) is 43.3 Å². The summed E-state index contributed by atoms with van der Waals surface area (Å²) < 4.78 is 7.18. The maximum Gasteiger partial charge on any atom is 0.270 e. The lowest BCUT2D eigenvalue weighted by Gasteiger charge is -2.18. The van der Waals surface area contributed by atoms with Crippen molar-refractivity contribution in [2.75, 3.05) is 19.6 Å². The molecule has 30 heavy (non-hydrogen) atoms. The number of furan rings is 1. The Morgan fingerprint density at radius 2 is 1.93 bits per heavy atom. The van der Waals surface area contributed by atoms with E-state index in [-0.39, 0.29) is 11.9 Å². The Morgan fingerprint density at radius 1 is 1.20 bits per heavy atom. The molecule has 2 N–H and O–H groups in total. The summed E-state index contributed by atoms with van der Waals surface area (Å²) in [6.07, 6.45) is 3.66. The Hall–Kier alpha value is -2.86. The van der Waals surface area contributed by atoms with Gasteiger partial charge in [0.1, 0.15) is 11.4 Å². The van der Waals surface area contributed by atoms with Crippen molar-refractivity contribution in [2.45, 2.75) is 46.6 Å². The molecule has 0 bridgehead atoms. The van der Waals surface area contributed by atoms with Crippen LogP contribution >= 0.6 is 0 Å². The molecule has 0 fully saturated rings. The predicted molar refractivity (Wildman–Crippen MR) is 119 cm³/mol. The number of carbonyl (C=O) groups is 1. The molecule has 0 saturated heterocycles. The molecular weight excluding hydrogens is 376 g/mol. The van der Waals surface area contributed by atoms with Crippen LogP contribution in [0.25, 0.3) is 17.1 Å². The number of aryl methyl sites for hydroxylation is 1. The minimum absolute atomic E-state index is 0.0980. The summed E-state index contributed by atoms with van der Waals surface area (Å²) in [6, 6.07) is 13.5. The topological polar surface area (TPSA) is 64.5 Å². The van der Waals surface area contributed by atoms with Crippen molar-refractivity contribution in [2.24, 2.45) is 0 Å². The number of quaternary nitrogens is 1. The molecular formula is C24H33N4O2+. The Labute approximate surface area is 178 Å². The molecule has 1 amide bonds. The zero-order valence-corrected chi connectivity index (χ0v) is 18.4. The number of hydrogen-bond donors (Lipinski definition) is 2. The van der Waals surface area contributed by atoms with Crippen LogP contribution in [0, 0.1) is 6.92 Å². The molecule has 0 radical (unpaired) electrons. The molecule has 0 unspecified atom stereocenters. The first-order valence-corrected chi connectivity index (χ1v) is 10.9. The monoisotopic (exact) mass is 409 g/mol. The molecule has 3 rings (SSSR count). The third kappa shape index (κ3) is 5.39. The lowest BCUT2D eigenvalue weighted by atomic mass is 10.1. The fourth-order valence-corrected chi connectivity index (χ4v) is 3.60. The van der Waals surface area contributed by atoms with Gasteiger partial charge in [-0.25, -0.2) is 4.68 Å². The van der Waals surface area contributed by atoms with E-state index in [0.717, 1.165) is 43.7 Å². The van der Waals surface area contributed by atoms with Crippen LogP contribution in [0.3, 0.4) is 0 Å². The lowest BCUT2D eigenvalue weighted by Crippen LogP contribution is -3.11. The van der Waals surface area contributed by atoms with Gasteiger partial charge in [0.05, 0.1) is 31.6 Å². The third-order valence-corrected chi connectivity index (χ3v) is 5.54. The second-order valence-electron chi connectivity index (χ2n) is 7.86. The highest BCUT2D eigenvalue weighted by Gasteiger charge is 2.20. The normalized spacial score (nSPS) is 12.3. The highest BCUT2D eigenvalue weighted by atomic mass is 16.3. The van der Waals surface area contributed by atoms with Gasteiger partial charge in [-0.3, -0.25) is 4.79 Å². The first-order valence-electron chi connectivity index (χ1n) is 10.9. The average Bonchev–Trinajstić information content (AvgIpc) is 3.41. The van der Waals surface area contributed by atoms with Crippen LogP contribution in [0.15, 0.2) is 53.1 Å². The number of benzene rings is 1. The molecule has 3 aromatic rings. The maximum absolute atomic E-state index is 13.1. The average molecular weight is 410 g/mol. The number of hydrogen-bond acceptors (Lipinski definition) is 3. The zero-order chi connectivity index (χ0) is 21.5. The SMILES string of the molecule is CC[NH+](CC)CCC[C@@H](C)NC(=O)c1cc(-c2ccco2)nn1-c1ccc(C)cc1. The van der Waals surface area contributed by atoms with E-state index in [1.54, 1.807) is 21.9 Å². The lowest BCUT2D eigenvalue weighted by molar-refractivity contribution is -0.896. The summed E-state index contributed by atoms with van der Waals surface area (Å²) in [5, 5.41) is 7.79. The Bertz CT molecular complexity index is 925. The van der Waals surface area contributed by atoms with Crippen molar-refractivity contribution in [1.82, 2.24) is 15.1 Å². The summed E-state index contributed by atoms with van der Waals surface area (Å²) in [6.45, 7) is 12.0. The fourth-order valence-electron chi connectivity index (χ4n) is 3.60. The molecule has 2 heterocycles. The van der Waals surface area contributed by atoms with Crippen molar-refractivity contribution in [3.8, 4) is 17.1 Å². The summed E-state index contributed by atoms with van der Waals surface area (Å²) in [5.41, 5.74) is 3.16. The van der Waals surface area contributed by atoms with Gasteiger partial charge in [-0.2, -0.15) is 5.10 Å². The van der Waals surface area contributed by atoms with Gasteiger partial charge in [0.2, 0.25) is 0 Å². The smallest absolute Gasteiger partial charge is 0.270 e. The summed E-state index contributed by atoms with van der Waals surface area (Å²) in [4.78, 5) is 14.7. The van der Waals surface area contributed by atoms with E-state index in [9.17, 15) is 4.79 Å². The van der Waals surface area contributed by atoms with Crippen LogP contribution in [-0.2, 0) is 0 Å². The van der Waals surface area contributed by atoms with Crippen LogP contribution in [0.1, 0.15) is 49.7 Å². The number of aromatic nitrogens is 2. The summed E-state index contributed by atoms with van der Waals surface area (Å²) in [7, 11) is 0. The van der Waals surface area contributed by atoms with E-state index in [0.29, 0.717) is 17.1 Å². The van der Waals surface area contributed by atoms with Crippen LogP contribution in [0.5, 0.6) is 0 Å². The second kappa shape index (κ2) is 10.3. The molecule has 160 valence electrons. The molecule has 0 aliphatic rings. The minimum Gasteiger partial charge on any atom is -0.463 e. The molecule has 0 saturated carbocycles. The molecule has 1 atom stereocenters. The maximum atomic E-state index is 13.1. The molecule has 6 nitrogen and oxygen atoms in total. The third-order valence-electron chi connectivity index (χ3n) is 5.54. The van der Waals surface area contributed by atoms with Gasteiger partial charge in [0.15, 0.2) is 5.76 Å². The minimum atomic E-state index is -0.122. The molecule has 0 aliphatic heterocycles. The number of amides is 1. The van der Waals surface area contributed by atoms with Crippen molar-refractivity contribution in [1.29, 1.82) is 0 Å². The quantitative estimate of drug-likeness (QED) is 0.540. The number of nitrogens with zero attached hydrogens (tertiary/aromatic N) is 2. The first kappa shape index (κ1) is 21.8. The van der Waals surface area contributed by atoms with Crippen LogP contribution in [0.2, 0.25) is 0 Å². The van der Waals surface area contributed by atoms with E-state index in [4.69, 9.17) is 4.42 Å². The van der Waals surface area contributed by atoms with Gasteiger partial charge in [-0.05, 0) is 64.8 Å². The van der Waals surface area contributed by atoms with Gasteiger partial charge in [-0.1, -0.05) is 17.7 Å². The van der Waals surface area contributed by atoms with Gasteiger partial charge in [0.25, 0.3) is 5.91 Å². The number of rotatable bonds is 10. The van der Waals surface area contributed by atoms with Crippen molar-refractivity contribution in [3.63, 3.8) is 0 Å². The molecule has 2 aromatic heterocycles. The summed E-state index contributed by atoms with van der Waals surface area (Å²) >= 11 is 0. The van der Waals surface area contributed by atoms with E-state index < -0.39 is 0 Å². The molecule has 1 aromatic carbocycles. The standard InChI is InChI=1S/C24H32N4O2/c1-5-27(6-2)15-7-9-19(4)25-24(29)22-17-21(23-10-8-16-30-23)26-28(22)20-13-11-18(3)12-14-20/h8,10-14,16-17,19H,5-7,9,15H2,1-4H3,(H,25,29)/p+1/t19-/m1/s1. The number of nitrogens with one attached hydrogen (secondary N) is 2. The Morgan fingerprint density at radius 3 is 2.57 bits per heavy atom. The molecule has 6 heteroatoms. The Balaban J connectivity index is 1.76. The van der Waals surface area contributed by atoms with E-state index in [1.165, 1.54) is 0 Å². The van der Waals surface area contributed by atoms with Crippen molar-refractivity contribution >= 4 is 5.91 Å². The predicted octanol–water partition coefficient (Wildman–Crippen LogP) is 3.26. The molecule has 0 spiro atoms. The van der Waals surface area contributed by atoms with Gasteiger partial charge >= 0.3 is 0 Å². The van der Waals surface area contributed by atoms with Crippen LogP contribution in [-0.4, -0.2) is 41.4 Å². The fraction of sp³-hybridized carbons (Fsp3) is 0.417. The van der Waals surface area contributed by atoms with Crippen LogP contribution < -0.4 is 10.2 Å². The first-order chi connectivity index (χ1) is 14.5. The van der Waals surface area contributed by atoms with Gasteiger partial charge in [-0.15, -0.1) is 0 Å².